The minimum atomic E-state index is -0.543. The van der Waals surface area contributed by atoms with Gasteiger partial charge >= 0.3 is 5.97 Å². The van der Waals surface area contributed by atoms with Crippen LogP contribution < -0.4 is 0 Å². The quantitative estimate of drug-likeness (QED) is 0.306. The number of rotatable bonds is 4. The van der Waals surface area contributed by atoms with Gasteiger partial charge in [-0.3, -0.25) is 9.59 Å². The summed E-state index contributed by atoms with van der Waals surface area (Å²) in [5.41, 5.74) is 0.867. The number of esters is 1. The number of imide groups is 1. The minimum Gasteiger partial charge on any atom is -0.465 e. The van der Waals surface area contributed by atoms with Gasteiger partial charge in [-0.1, -0.05) is 23.8 Å². The summed E-state index contributed by atoms with van der Waals surface area (Å²) < 4.78 is 10.5. The van der Waals surface area contributed by atoms with E-state index in [1.54, 1.807) is 30.3 Å². The second-order valence-electron chi connectivity index (χ2n) is 8.78. The molecule has 8 heteroatoms. The van der Waals surface area contributed by atoms with E-state index in [9.17, 15) is 14.4 Å². The number of hydrogen-bond acceptors (Lipinski definition) is 6. The Balaban J connectivity index is 1.23. The normalized spacial score (nSPS) is 31.9. The number of halogens is 1. The van der Waals surface area contributed by atoms with Crippen LogP contribution in [0.5, 0.6) is 0 Å². The molecule has 3 fully saturated rings. The molecule has 2 heterocycles. The predicted octanol–water partition coefficient (Wildman–Crippen LogP) is 3.77. The highest BCUT2D eigenvalue weighted by molar-refractivity contribution is 6.33. The average molecular weight is 451 g/mol. The highest BCUT2D eigenvalue weighted by atomic mass is 35.5. The van der Waals surface area contributed by atoms with Gasteiger partial charge in [-0.25, -0.2) is 4.79 Å². The Bertz CT molecular complexity index is 1190. The Morgan fingerprint density at radius 1 is 1.12 bits per heavy atom. The summed E-state index contributed by atoms with van der Waals surface area (Å²) in [5, 5.41) is 5.49. The van der Waals surface area contributed by atoms with E-state index in [2.05, 4.69) is 17.3 Å². The first kappa shape index (κ1) is 19.5. The van der Waals surface area contributed by atoms with Crippen molar-refractivity contribution in [2.24, 2.45) is 40.6 Å². The number of allylic oxidation sites excluding steroid dienone is 2. The molecule has 1 aromatic carbocycles. The maximum absolute atomic E-state index is 13.0. The van der Waals surface area contributed by atoms with Gasteiger partial charge in [-0.05, 0) is 60.4 Å². The first-order valence-electron chi connectivity index (χ1n) is 10.6. The number of hydrogen-bond donors (Lipinski definition) is 0. The van der Waals surface area contributed by atoms with Gasteiger partial charge in [0, 0.05) is 5.56 Å². The van der Waals surface area contributed by atoms with E-state index in [1.807, 2.05) is 0 Å². The van der Waals surface area contributed by atoms with E-state index in [-0.39, 0.29) is 46.1 Å². The third-order valence-corrected chi connectivity index (χ3v) is 7.55. The van der Waals surface area contributed by atoms with Crippen LogP contribution in [0.25, 0.3) is 11.3 Å². The van der Waals surface area contributed by atoms with Crippen molar-refractivity contribution in [3.8, 4) is 11.3 Å². The molecule has 7 rings (SSSR count). The Hall–Kier alpha value is -3.19. The molecule has 1 saturated heterocycles. The lowest BCUT2D eigenvalue weighted by Crippen LogP contribution is -2.40. The fourth-order valence-electron chi connectivity index (χ4n) is 5.69. The Morgan fingerprint density at radius 2 is 1.81 bits per heavy atom. The standard InChI is InChI=1S/C24H19ClN2O5/c1-31-24(30)17-8-11(2-6-18(17)25)19-7-3-12(32-19)10-26-27-22(28)20-13-4-5-14(16-9-15(13)16)21(20)23(27)29/h2-8,10,13-16,20-21H,9H2,1H3/b26-10-/t13-,14-,15-,16+,20-,21+/m1/s1. The van der Waals surface area contributed by atoms with Crippen LogP contribution in [-0.2, 0) is 14.3 Å². The smallest absolute Gasteiger partial charge is 0.339 e. The van der Waals surface area contributed by atoms with Crippen LogP contribution in [0, 0.1) is 35.5 Å². The average Bonchev–Trinajstić information content (AvgIpc) is 3.44. The number of furan rings is 1. The van der Waals surface area contributed by atoms with Crippen LogP contribution in [0.2, 0.25) is 5.02 Å². The van der Waals surface area contributed by atoms with Crippen molar-refractivity contribution in [3.63, 3.8) is 0 Å². The van der Waals surface area contributed by atoms with Crippen LogP contribution in [-0.4, -0.2) is 36.1 Å². The van der Waals surface area contributed by atoms with E-state index >= 15 is 0 Å². The molecule has 162 valence electrons. The molecule has 2 aromatic rings. The summed E-state index contributed by atoms with van der Waals surface area (Å²) in [4.78, 5) is 37.9. The summed E-state index contributed by atoms with van der Waals surface area (Å²) in [6, 6.07) is 8.30. The molecule has 2 saturated carbocycles. The first-order valence-corrected chi connectivity index (χ1v) is 10.9. The molecule has 32 heavy (non-hydrogen) atoms. The molecule has 2 bridgehead atoms. The lowest BCUT2D eigenvalue weighted by molar-refractivity contribution is -0.140. The molecule has 4 aliphatic carbocycles. The highest BCUT2D eigenvalue weighted by Gasteiger charge is 2.67. The molecule has 1 aromatic heterocycles. The van der Waals surface area contributed by atoms with Gasteiger partial charge in [0.05, 0.1) is 35.7 Å². The van der Waals surface area contributed by atoms with Crippen LogP contribution in [0.3, 0.4) is 0 Å². The second kappa shape index (κ2) is 6.90. The van der Waals surface area contributed by atoms with Crippen LogP contribution in [0.4, 0.5) is 0 Å². The third-order valence-electron chi connectivity index (χ3n) is 7.22. The Kier molecular flexibility index (Phi) is 4.21. The number of nitrogens with zero attached hydrogens (tertiary/aromatic N) is 2. The molecule has 1 aliphatic heterocycles. The van der Waals surface area contributed by atoms with E-state index in [0.29, 0.717) is 28.9 Å². The molecule has 0 unspecified atom stereocenters. The summed E-state index contributed by atoms with van der Waals surface area (Å²) in [6.45, 7) is 0. The monoisotopic (exact) mass is 450 g/mol. The van der Waals surface area contributed by atoms with E-state index in [4.69, 9.17) is 20.8 Å². The molecule has 0 N–H and O–H groups in total. The van der Waals surface area contributed by atoms with Gasteiger partial charge in [0.15, 0.2) is 0 Å². The molecule has 6 atom stereocenters. The third kappa shape index (κ3) is 2.73. The molecule has 0 radical (unpaired) electrons. The molecule has 2 amide bonds. The largest absolute Gasteiger partial charge is 0.465 e. The number of methoxy groups -OCH3 is 1. The van der Waals surface area contributed by atoms with Crippen molar-refractivity contribution in [2.75, 3.05) is 7.11 Å². The fourth-order valence-corrected chi connectivity index (χ4v) is 5.89. The van der Waals surface area contributed by atoms with Crippen LogP contribution in [0.15, 0.2) is 52.0 Å². The summed E-state index contributed by atoms with van der Waals surface area (Å²) in [7, 11) is 1.29. The number of carbonyl (C=O) groups is 3. The van der Waals surface area contributed by atoms with Gasteiger partial charge < -0.3 is 9.15 Å². The zero-order chi connectivity index (χ0) is 22.1. The van der Waals surface area contributed by atoms with Gasteiger partial charge in [-0.15, -0.1) is 0 Å². The lowest BCUT2D eigenvalue weighted by Gasteiger charge is -2.37. The summed E-state index contributed by atoms with van der Waals surface area (Å²) in [6.07, 6.45) is 6.76. The minimum absolute atomic E-state index is 0.163. The Labute approximate surface area is 188 Å². The molecular weight excluding hydrogens is 432 g/mol. The van der Waals surface area contributed by atoms with Gasteiger partial charge in [-0.2, -0.15) is 10.1 Å². The summed E-state index contributed by atoms with van der Waals surface area (Å²) in [5.74, 6) is 0.763. The number of amides is 2. The lowest BCUT2D eigenvalue weighted by atomic mass is 9.63. The van der Waals surface area contributed by atoms with E-state index in [1.165, 1.54) is 13.3 Å². The van der Waals surface area contributed by atoms with Crippen molar-refractivity contribution >= 4 is 35.6 Å². The van der Waals surface area contributed by atoms with Crippen molar-refractivity contribution in [1.82, 2.24) is 5.01 Å². The van der Waals surface area contributed by atoms with E-state index in [0.717, 1.165) is 11.4 Å². The van der Waals surface area contributed by atoms with Crippen LogP contribution >= 0.6 is 11.6 Å². The number of carbonyl (C=O) groups excluding carboxylic acids is 3. The molecule has 0 spiro atoms. The first-order chi connectivity index (χ1) is 15.5. The van der Waals surface area contributed by atoms with Crippen molar-refractivity contribution < 1.29 is 23.5 Å². The van der Waals surface area contributed by atoms with Gasteiger partial charge in [0.25, 0.3) is 11.8 Å². The molecular formula is C24H19ClN2O5. The molecule has 5 aliphatic rings. The maximum atomic E-state index is 13.0. The van der Waals surface area contributed by atoms with E-state index < -0.39 is 5.97 Å². The maximum Gasteiger partial charge on any atom is 0.339 e. The van der Waals surface area contributed by atoms with Crippen LogP contribution in [0.1, 0.15) is 22.5 Å². The fraction of sp³-hybridized carbons (Fsp3) is 0.333. The number of ether oxygens (including phenoxy) is 1. The highest BCUT2D eigenvalue weighted by Crippen LogP contribution is 2.65. The Morgan fingerprint density at radius 3 is 2.47 bits per heavy atom. The summed E-state index contributed by atoms with van der Waals surface area (Å²) >= 11 is 6.07. The van der Waals surface area contributed by atoms with Crippen molar-refractivity contribution in [3.05, 3.63) is 58.8 Å². The SMILES string of the molecule is COC(=O)c1cc(-c2ccc(/C=N\N3C(=O)[C@@H]4[C@@H]5C=C[C@H]([C@@H]6C[C@H]56)[C@@H]4C3=O)o2)ccc1Cl. The van der Waals surface area contributed by atoms with Crippen molar-refractivity contribution in [2.45, 2.75) is 6.42 Å². The van der Waals surface area contributed by atoms with Gasteiger partial charge in [0.2, 0.25) is 0 Å². The van der Waals surface area contributed by atoms with Crippen molar-refractivity contribution in [1.29, 1.82) is 0 Å². The topological polar surface area (TPSA) is 89.2 Å². The predicted molar refractivity (Wildman–Crippen MR) is 115 cm³/mol. The zero-order valence-corrected chi connectivity index (χ0v) is 17.9. The molecule has 7 nitrogen and oxygen atoms in total. The zero-order valence-electron chi connectivity index (χ0n) is 17.1. The van der Waals surface area contributed by atoms with Gasteiger partial charge in [0.1, 0.15) is 11.5 Å². The second-order valence-corrected chi connectivity index (χ2v) is 9.18. The number of hydrazone groups is 1. The number of benzene rings is 1.